The van der Waals surface area contributed by atoms with Gasteiger partial charge in [0.05, 0.1) is 19.8 Å². The molecule has 0 radical (unpaired) electrons. The lowest BCUT2D eigenvalue weighted by molar-refractivity contribution is 0.0868. The van der Waals surface area contributed by atoms with Crippen LogP contribution in [0.2, 0.25) is 0 Å². The van der Waals surface area contributed by atoms with E-state index in [9.17, 15) is 4.79 Å². The van der Waals surface area contributed by atoms with Crippen molar-refractivity contribution in [3.63, 3.8) is 0 Å². The van der Waals surface area contributed by atoms with Gasteiger partial charge in [0.15, 0.2) is 11.5 Å². The number of carbonyl (C=O) groups excluding carboxylic acids is 1. The van der Waals surface area contributed by atoms with Crippen molar-refractivity contribution >= 4 is 5.91 Å². The van der Waals surface area contributed by atoms with Crippen LogP contribution < -0.4 is 19.5 Å². The van der Waals surface area contributed by atoms with Crippen LogP contribution in [0.3, 0.4) is 0 Å². The van der Waals surface area contributed by atoms with E-state index in [0.29, 0.717) is 49.2 Å². The highest BCUT2D eigenvalue weighted by atomic mass is 16.5. The maximum Gasteiger partial charge on any atom is 0.251 e. The number of carbonyl (C=O) groups is 1. The van der Waals surface area contributed by atoms with E-state index >= 15 is 0 Å². The SMILES string of the molecule is CCOc1cc(C(=O)NCC2(N(C)C)CCCCCC2)cc(OCC)c1OCC. The number of benzene rings is 1. The van der Waals surface area contributed by atoms with Crippen LogP contribution in [0, 0.1) is 0 Å². The molecular weight excluding hydrogens is 368 g/mol. The highest BCUT2D eigenvalue weighted by Crippen LogP contribution is 2.39. The van der Waals surface area contributed by atoms with Crippen molar-refractivity contribution in [3.05, 3.63) is 17.7 Å². The second kappa shape index (κ2) is 11.3. The molecule has 0 saturated heterocycles. The molecule has 0 atom stereocenters. The first-order valence-electron chi connectivity index (χ1n) is 11.0. The average Bonchev–Trinajstić information content (AvgIpc) is 2.95. The topological polar surface area (TPSA) is 60.0 Å². The number of rotatable bonds is 10. The predicted molar refractivity (Wildman–Crippen MR) is 116 cm³/mol. The summed E-state index contributed by atoms with van der Waals surface area (Å²) in [4.78, 5) is 15.3. The van der Waals surface area contributed by atoms with Gasteiger partial charge in [-0.05, 0) is 59.8 Å². The summed E-state index contributed by atoms with van der Waals surface area (Å²) in [7, 11) is 4.24. The molecule has 1 aliphatic carbocycles. The second-order valence-electron chi connectivity index (χ2n) is 7.82. The van der Waals surface area contributed by atoms with Crippen molar-refractivity contribution in [2.24, 2.45) is 0 Å². The Morgan fingerprint density at radius 1 is 0.931 bits per heavy atom. The van der Waals surface area contributed by atoms with Gasteiger partial charge in [-0.3, -0.25) is 4.79 Å². The number of hydrogen-bond donors (Lipinski definition) is 1. The van der Waals surface area contributed by atoms with Crippen molar-refractivity contribution in [3.8, 4) is 17.2 Å². The number of nitrogens with zero attached hydrogens (tertiary/aromatic N) is 1. The Morgan fingerprint density at radius 2 is 1.45 bits per heavy atom. The summed E-state index contributed by atoms with van der Waals surface area (Å²) >= 11 is 0. The molecule has 1 aliphatic rings. The molecule has 1 saturated carbocycles. The number of ether oxygens (including phenoxy) is 3. The van der Waals surface area contributed by atoms with Crippen molar-refractivity contribution in [1.82, 2.24) is 10.2 Å². The van der Waals surface area contributed by atoms with Crippen molar-refractivity contribution in [1.29, 1.82) is 0 Å². The molecule has 0 unspecified atom stereocenters. The Hall–Kier alpha value is -1.95. The number of nitrogens with one attached hydrogen (secondary N) is 1. The maximum atomic E-state index is 13.0. The normalized spacial score (nSPS) is 16.2. The van der Waals surface area contributed by atoms with Gasteiger partial charge in [-0.25, -0.2) is 0 Å². The quantitative estimate of drug-likeness (QED) is 0.588. The predicted octanol–water partition coefficient (Wildman–Crippen LogP) is 4.27. The minimum Gasteiger partial charge on any atom is -0.490 e. The van der Waals surface area contributed by atoms with Crippen LogP contribution in [0.25, 0.3) is 0 Å². The average molecular weight is 407 g/mol. The number of likely N-dealkylation sites (N-methyl/N-ethyl adjacent to an activating group) is 1. The smallest absolute Gasteiger partial charge is 0.251 e. The van der Waals surface area contributed by atoms with Gasteiger partial charge in [-0.1, -0.05) is 25.7 Å². The largest absolute Gasteiger partial charge is 0.490 e. The minimum absolute atomic E-state index is 0.0168. The van der Waals surface area contributed by atoms with Crippen LogP contribution >= 0.6 is 0 Å². The molecule has 0 aromatic heterocycles. The molecule has 1 aromatic rings. The summed E-state index contributed by atoms with van der Waals surface area (Å²) in [5.41, 5.74) is 0.547. The van der Waals surface area contributed by atoms with E-state index in [-0.39, 0.29) is 11.4 Å². The van der Waals surface area contributed by atoms with E-state index in [0.717, 1.165) is 12.8 Å². The summed E-state index contributed by atoms with van der Waals surface area (Å²) < 4.78 is 17.2. The molecule has 29 heavy (non-hydrogen) atoms. The van der Waals surface area contributed by atoms with Crippen LogP contribution in [0.4, 0.5) is 0 Å². The van der Waals surface area contributed by atoms with Gasteiger partial charge in [-0.2, -0.15) is 0 Å². The molecular formula is C23H38N2O4. The molecule has 6 nitrogen and oxygen atoms in total. The van der Waals surface area contributed by atoms with Crippen molar-refractivity contribution in [2.75, 3.05) is 40.5 Å². The molecule has 1 N–H and O–H groups in total. The zero-order chi connectivity index (χ0) is 21.3. The Bertz CT molecular complexity index is 625. The lowest BCUT2D eigenvalue weighted by Crippen LogP contribution is -2.52. The standard InChI is InChI=1S/C23H38N2O4/c1-6-27-19-15-18(16-20(28-7-2)21(19)29-8-3)22(26)24-17-23(25(4)5)13-11-9-10-12-14-23/h15-16H,6-14,17H2,1-5H3,(H,24,26). The fraction of sp³-hybridized carbons (Fsp3) is 0.696. The summed E-state index contributed by atoms with van der Waals surface area (Å²) in [5, 5.41) is 3.18. The molecule has 6 heteroatoms. The third kappa shape index (κ3) is 6.01. The maximum absolute atomic E-state index is 13.0. The molecule has 164 valence electrons. The number of hydrogen-bond acceptors (Lipinski definition) is 5. The van der Waals surface area contributed by atoms with E-state index in [4.69, 9.17) is 14.2 Å². The van der Waals surface area contributed by atoms with Crippen molar-refractivity contribution in [2.45, 2.75) is 64.8 Å². The molecule has 2 rings (SSSR count). The van der Waals surface area contributed by atoms with Gasteiger partial charge in [-0.15, -0.1) is 0 Å². The first-order valence-corrected chi connectivity index (χ1v) is 11.0. The van der Waals surface area contributed by atoms with Crippen LogP contribution in [0.15, 0.2) is 12.1 Å². The Balaban J connectivity index is 2.24. The Kier molecular flexibility index (Phi) is 9.08. The molecule has 1 amide bonds. The van der Waals surface area contributed by atoms with Crippen LogP contribution in [-0.2, 0) is 0 Å². The first kappa shape index (κ1) is 23.3. The Labute approximate surface area is 175 Å². The van der Waals surface area contributed by atoms with E-state index in [1.54, 1.807) is 12.1 Å². The van der Waals surface area contributed by atoms with Gasteiger partial charge in [0.1, 0.15) is 0 Å². The highest BCUT2D eigenvalue weighted by molar-refractivity contribution is 5.95. The molecule has 0 heterocycles. The lowest BCUT2D eigenvalue weighted by Gasteiger charge is -2.39. The second-order valence-corrected chi connectivity index (χ2v) is 7.82. The van der Waals surface area contributed by atoms with E-state index < -0.39 is 0 Å². The monoisotopic (exact) mass is 406 g/mol. The van der Waals surface area contributed by atoms with Gasteiger partial charge in [0.2, 0.25) is 5.75 Å². The van der Waals surface area contributed by atoms with Gasteiger partial charge < -0.3 is 24.4 Å². The van der Waals surface area contributed by atoms with E-state index in [1.165, 1.54) is 25.7 Å². The molecule has 1 fully saturated rings. The van der Waals surface area contributed by atoms with Crippen LogP contribution in [0.5, 0.6) is 17.2 Å². The van der Waals surface area contributed by atoms with Gasteiger partial charge in [0, 0.05) is 17.6 Å². The molecule has 0 aliphatic heterocycles. The Morgan fingerprint density at radius 3 is 1.90 bits per heavy atom. The fourth-order valence-corrected chi connectivity index (χ4v) is 4.04. The number of amides is 1. The fourth-order valence-electron chi connectivity index (χ4n) is 4.04. The van der Waals surface area contributed by atoms with Crippen LogP contribution in [-0.4, -0.2) is 56.8 Å². The van der Waals surface area contributed by atoms with Crippen LogP contribution in [0.1, 0.15) is 69.7 Å². The molecule has 0 spiro atoms. The van der Waals surface area contributed by atoms with E-state index in [1.807, 2.05) is 20.8 Å². The molecule has 0 bridgehead atoms. The third-order valence-corrected chi connectivity index (χ3v) is 5.73. The summed E-state index contributed by atoms with van der Waals surface area (Å²) in [5.74, 6) is 1.53. The highest BCUT2D eigenvalue weighted by Gasteiger charge is 2.33. The van der Waals surface area contributed by atoms with Gasteiger partial charge in [0.25, 0.3) is 5.91 Å². The molecule has 1 aromatic carbocycles. The third-order valence-electron chi connectivity index (χ3n) is 5.73. The lowest BCUT2D eigenvalue weighted by atomic mass is 9.88. The zero-order valence-electron chi connectivity index (χ0n) is 18.8. The first-order chi connectivity index (χ1) is 14.0. The van der Waals surface area contributed by atoms with Gasteiger partial charge >= 0.3 is 0 Å². The van der Waals surface area contributed by atoms with E-state index in [2.05, 4.69) is 24.3 Å². The minimum atomic E-state index is -0.111. The summed E-state index contributed by atoms with van der Waals surface area (Å²) in [6.45, 7) is 7.85. The van der Waals surface area contributed by atoms with Crippen molar-refractivity contribution < 1.29 is 19.0 Å². The summed E-state index contributed by atoms with van der Waals surface area (Å²) in [6, 6.07) is 3.50. The zero-order valence-corrected chi connectivity index (χ0v) is 18.8. The summed E-state index contributed by atoms with van der Waals surface area (Å²) in [6.07, 6.45) is 7.19.